The van der Waals surface area contributed by atoms with Crippen molar-refractivity contribution < 1.29 is 0 Å². The lowest BCUT2D eigenvalue weighted by Crippen LogP contribution is -2.14. The summed E-state index contributed by atoms with van der Waals surface area (Å²) in [5.74, 6) is 0.689. The molecule has 0 aliphatic heterocycles. The predicted molar refractivity (Wildman–Crippen MR) is 194 cm³/mol. The minimum Gasteiger partial charge on any atom is -0.247 e. The zero-order chi connectivity index (χ0) is 31.5. The first-order valence-electron chi connectivity index (χ1n) is 16.1. The van der Waals surface area contributed by atoms with Gasteiger partial charge in [0.2, 0.25) is 0 Å². The number of benzene rings is 6. The van der Waals surface area contributed by atoms with E-state index >= 15 is 0 Å². The molecule has 2 heterocycles. The van der Waals surface area contributed by atoms with E-state index in [9.17, 15) is 0 Å². The monoisotopic (exact) mass is 601 g/mol. The molecule has 0 amide bonds. The topological polar surface area (TPSA) is 38.7 Å². The Morgan fingerprint density at radius 3 is 1.81 bits per heavy atom. The number of hydrogen-bond acceptors (Lipinski definition) is 3. The number of pyridine rings is 1. The van der Waals surface area contributed by atoms with Crippen LogP contribution in [0.3, 0.4) is 0 Å². The first-order valence-corrected chi connectivity index (χ1v) is 16.1. The van der Waals surface area contributed by atoms with Gasteiger partial charge in [0.05, 0.1) is 22.6 Å². The quantitative estimate of drug-likeness (QED) is 0.188. The standard InChI is InChI=1S/C44H31N3/c1-44(2)35-22-11-9-20-32(35)41-36(44)25-24-34-40(41)33-21-10-12-23-37(33)45-42(34)30-18-13-19-31(26-30)43-46-38(28-14-5-3-6-15-28)27-39(47-43)29-16-7-4-8-17-29/h3-27H,1-2H3. The molecule has 2 aromatic heterocycles. The molecule has 1 aliphatic rings. The Labute approximate surface area is 274 Å². The number of aromatic nitrogens is 3. The van der Waals surface area contributed by atoms with Crippen molar-refractivity contribution in [1.82, 2.24) is 15.0 Å². The van der Waals surface area contributed by atoms with Crippen molar-refractivity contribution >= 4 is 21.7 Å². The molecular formula is C44H31N3. The third kappa shape index (κ3) is 4.39. The summed E-state index contributed by atoms with van der Waals surface area (Å²) in [6.45, 7) is 4.68. The van der Waals surface area contributed by atoms with Gasteiger partial charge in [-0.2, -0.15) is 0 Å². The summed E-state index contributed by atoms with van der Waals surface area (Å²) in [5.41, 5.74) is 13.1. The number of hydrogen-bond donors (Lipinski definition) is 0. The van der Waals surface area contributed by atoms with Crippen LogP contribution in [0.25, 0.3) is 78.0 Å². The summed E-state index contributed by atoms with van der Waals surface area (Å²) < 4.78 is 0. The molecule has 47 heavy (non-hydrogen) atoms. The molecule has 6 aromatic carbocycles. The molecule has 1 aliphatic carbocycles. The van der Waals surface area contributed by atoms with Crippen LogP contribution in [0, 0.1) is 0 Å². The fourth-order valence-electron chi connectivity index (χ4n) is 7.35. The molecule has 0 radical (unpaired) electrons. The van der Waals surface area contributed by atoms with Crippen molar-refractivity contribution in [3.05, 3.63) is 163 Å². The van der Waals surface area contributed by atoms with Crippen LogP contribution in [0.1, 0.15) is 25.0 Å². The minimum atomic E-state index is -0.0812. The third-order valence-electron chi connectivity index (χ3n) is 9.67. The van der Waals surface area contributed by atoms with Crippen molar-refractivity contribution in [2.24, 2.45) is 0 Å². The number of para-hydroxylation sites is 1. The molecule has 0 atom stereocenters. The van der Waals surface area contributed by atoms with E-state index < -0.39 is 0 Å². The van der Waals surface area contributed by atoms with Gasteiger partial charge in [-0.25, -0.2) is 15.0 Å². The van der Waals surface area contributed by atoms with Crippen LogP contribution in [0.2, 0.25) is 0 Å². The summed E-state index contributed by atoms with van der Waals surface area (Å²) >= 11 is 0. The van der Waals surface area contributed by atoms with Crippen LogP contribution in [0.15, 0.2) is 152 Å². The Morgan fingerprint density at radius 1 is 0.447 bits per heavy atom. The van der Waals surface area contributed by atoms with Gasteiger partial charge in [-0.3, -0.25) is 0 Å². The second-order valence-electron chi connectivity index (χ2n) is 12.8. The number of rotatable bonds is 4. The second-order valence-corrected chi connectivity index (χ2v) is 12.8. The summed E-state index contributed by atoms with van der Waals surface area (Å²) in [6, 6.07) is 53.3. The predicted octanol–water partition coefficient (Wildman–Crippen LogP) is 11.2. The zero-order valence-corrected chi connectivity index (χ0v) is 26.3. The average Bonchev–Trinajstić information content (AvgIpc) is 3.38. The van der Waals surface area contributed by atoms with Gasteiger partial charge in [-0.05, 0) is 40.5 Å². The van der Waals surface area contributed by atoms with Gasteiger partial charge in [0.25, 0.3) is 0 Å². The molecule has 222 valence electrons. The van der Waals surface area contributed by atoms with E-state index in [1.54, 1.807) is 0 Å². The maximum absolute atomic E-state index is 5.32. The van der Waals surface area contributed by atoms with E-state index in [4.69, 9.17) is 15.0 Å². The highest BCUT2D eigenvalue weighted by molar-refractivity contribution is 6.19. The molecule has 0 spiro atoms. The Balaban J connectivity index is 1.28. The number of nitrogens with zero attached hydrogens (tertiary/aromatic N) is 3. The van der Waals surface area contributed by atoms with E-state index in [1.165, 1.54) is 33.0 Å². The largest absolute Gasteiger partial charge is 0.247 e. The van der Waals surface area contributed by atoms with Gasteiger partial charge in [-0.1, -0.05) is 147 Å². The highest BCUT2D eigenvalue weighted by Gasteiger charge is 2.36. The van der Waals surface area contributed by atoms with E-state index in [1.807, 2.05) is 36.4 Å². The maximum atomic E-state index is 5.32. The van der Waals surface area contributed by atoms with Gasteiger partial charge in [0, 0.05) is 43.8 Å². The van der Waals surface area contributed by atoms with E-state index in [0.717, 1.165) is 50.2 Å². The lowest BCUT2D eigenvalue weighted by Gasteiger charge is -2.22. The molecule has 3 nitrogen and oxygen atoms in total. The summed E-state index contributed by atoms with van der Waals surface area (Å²) in [6.07, 6.45) is 0. The summed E-state index contributed by atoms with van der Waals surface area (Å²) in [7, 11) is 0. The van der Waals surface area contributed by atoms with Crippen LogP contribution >= 0.6 is 0 Å². The van der Waals surface area contributed by atoms with Crippen molar-refractivity contribution in [2.75, 3.05) is 0 Å². The molecule has 0 saturated heterocycles. The SMILES string of the molecule is CC1(C)c2ccccc2-c2c1ccc1c(-c3cccc(-c4nc(-c5ccccc5)cc(-c5ccccc5)n4)c3)nc3ccccc3c21. The first kappa shape index (κ1) is 27.4. The lowest BCUT2D eigenvalue weighted by molar-refractivity contribution is 0.661. The Morgan fingerprint density at radius 2 is 1.06 bits per heavy atom. The van der Waals surface area contributed by atoms with Crippen LogP contribution < -0.4 is 0 Å². The molecule has 0 unspecified atom stereocenters. The highest BCUT2D eigenvalue weighted by Crippen LogP contribution is 2.53. The Bertz CT molecular complexity index is 2420. The van der Waals surface area contributed by atoms with Crippen molar-refractivity contribution in [1.29, 1.82) is 0 Å². The van der Waals surface area contributed by atoms with Crippen LogP contribution in [0.4, 0.5) is 0 Å². The van der Waals surface area contributed by atoms with Crippen LogP contribution in [-0.4, -0.2) is 15.0 Å². The van der Waals surface area contributed by atoms with Crippen molar-refractivity contribution in [2.45, 2.75) is 19.3 Å². The minimum absolute atomic E-state index is 0.0812. The highest BCUT2D eigenvalue weighted by atomic mass is 14.9. The Kier molecular flexibility index (Phi) is 6.16. The summed E-state index contributed by atoms with van der Waals surface area (Å²) in [4.78, 5) is 15.5. The van der Waals surface area contributed by atoms with Crippen LogP contribution in [-0.2, 0) is 5.41 Å². The van der Waals surface area contributed by atoms with E-state index in [-0.39, 0.29) is 5.41 Å². The zero-order valence-electron chi connectivity index (χ0n) is 26.3. The molecule has 0 fully saturated rings. The Hall–Kier alpha value is -5.93. The van der Waals surface area contributed by atoms with E-state index in [2.05, 4.69) is 129 Å². The van der Waals surface area contributed by atoms with Gasteiger partial charge >= 0.3 is 0 Å². The molecule has 0 bridgehead atoms. The van der Waals surface area contributed by atoms with Crippen LogP contribution in [0.5, 0.6) is 0 Å². The molecule has 0 N–H and O–H groups in total. The molecule has 9 rings (SSSR count). The van der Waals surface area contributed by atoms with E-state index in [0.29, 0.717) is 5.82 Å². The number of fused-ring (bicyclic) bond motifs is 7. The molecule has 0 saturated carbocycles. The van der Waals surface area contributed by atoms with Crippen molar-refractivity contribution in [3.8, 4) is 56.3 Å². The van der Waals surface area contributed by atoms with Gasteiger partial charge in [0.1, 0.15) is 0 Å². The molecular weight excluding hydrogens is 571 g/mol. The second kappa shape index (κ2) is 10.6. The van der Waals surface area contributed by atoms with Gasteiger partial charge < -0.3 is 0 Å². The summed E-state index contributed by atoms with van der Waals surface area (Å²) in [5, 5.41) is 3.59. The smallest absolute Gasteiger partial charge is 0.160 e. The normalized spacial score (nSPS) is 13.1. The van der Waals surface area contributed by atoms with Gasteiger partial charge in [0.15, 0.2) is 5.82 Å². The fraction of sp³-hybridized carbons (Fsp3) is 0.0682. The lowest BCUT2D eigenvalue weighted by atomic mass is 9.82. The fourth-order valence-corrected chi connectivity index (χ4v) is 7.35. The molecule has 3 heteroatoms. The maximum Gasteiger partial charge on any atom is 0.160 e. The van der Waals surface area contributed by atoms with Gasteiger partial charge in [-0.15, -0.1) is 0 Å². The van der Waals surface area contributed by atoms with Crippen molar-refractivity contribution in [3.63, 3.8) is 0 Å². The first-order chi connectivity index (χ1) is 23.1. The molecule has 8 aromatic rings. The third-order valence-corrected chi connectivity index (χ3v) is 9.67. The average molecular weight is 602 g/mol.